The monoisotopic (exact) mass is 456 g/mol. The van der Waals surface area contributed by atoms with Crippen molar-refractivity contribution in [3.8, 4) is 11.4 Å². The topological polar surface area (TPSA) is 54.2 Å². The summed E-state index contributed by atoms with van der Waals surface area (Å²) in [7, 11) is 0. The third kappa shape index (κ3) is 4.27. The highest BCUT2D eigenvalue weighted by Gasteiger charge is 2.34. The normalized spacial score (nSPS) is 16.1. The Kier molecular flexibility index (Phi) is 5.71. The molecule has 0 spiro atoms. The van der Waals surface area contributed by atoms with Gasteiger partial charge in [-0.3, -0.25) is 0 Å². The third-order valence-corrected chi connectivity index (χ3v) is 5.99. The van der Waals surface area contributed by atoms with Gasteiger partial charge in [-0.25, -0.2) is 4.39 Å². The molecule has 0 saturated heterocycles. The Labute approximate surface area is 196 Å². The van der Waals surface area contributed by atoms with E-state index in [1.165, 1.54) is 12.1 Å². The second-order valence-electron chi connectivity index (χ2n) is 7.80. The van der Waals surface area contributed by atoms with Crippen LogP contribution in [-0.2, 0) is 6.54 Å². The molecule has 0 bridgehead atoms. The molecule has 164 valence electrons. The molecule has 3 aromatic carbocycles. The van der Waals surface area contributed by atoms with Crippen LogP contribution in [0.25, 0.3) is 17.0 Å². The summed E-state index contributed by atoms with van der Waals surface area (Å²) in [6, 6.07) is 26.0. The van der Waals surface area contributed by atoms with Gasteiger partial charge in [-0.05, 0) is 42.4 Å². The molecule has 2 heterocycles. The van der Waals surface area contributed by atoms with E-state index in [1.54, 1.807) is 12.1 Å². The van der Waals surface area contributed by atoms with Crippen LogP contribution in [0.15, 0.2) is 95.1 Å². The predicted octanol–water partition coefficient (Wildman–Crippen LogP) is 5.74. The molecule has 0 radical (unpaired) electrons. The molecule has 0 aliphatic carbocycles. The van der Waals surface area contributed by atoms with Gasteiger partial charge in [0.1, 0.15) is 5.82 Å². The van der Waals surface area contributed by atoms with Crippen molar-refractivity contribution in [3.63, 3.8) is 0 Å². The largest absolute Gasteiger partial charge is 0.351 e. The molecule has 5 nitrogen and oxygen atoms in total. The minimum absolute atomic E-state index is 0.258. The quantitative estimate of drug-likeness (QED) is 0.387. The fourth-order valence-corrected chi connectivity index (χ4v) is 4.31. The number of nitrogens with zero attached hydrogens (tertiary/aromatic N) is 3. The Bertz CT molecular complexity index is 1320. The van der Waals surface area contributed by atoms with Crippen LogP contribution in [0.4, 0.5) is 4.39 Å². The second kappa shape index (κ2) is 8.96. The van der Waals surface area contributed by atoms with Gasteiger partial charge in [0.25, 0.3) is 5.89 Å². The number of hydrogen-bond acceptors (Lipinski definition) is 4. The molecule has 0 amide bonds. The minimum atomic E-state index is -0.352. The average molecular weight is 457 g/mol. The maximum atomic E-state index is 13.7. The minimum Gasteiger partial charge on any atom is -0.351 e. The van der Waals surface area contributed by atoms with Crippen molar-refractivity contribution in [2.24, 2.45) is 0 Å². The number of nitrogens with one attached hydrogen (secondary N) is 1. The van der Waals surface area contributed by atoms with Crippen LogP contribution in [0.5, 0.6) is 0 Å². The Morgan fingerprint density at radius 1 is 1.00 bits per heavy atom. The highest BCUT2D eigenvalue weighted by atomic mass is 32.1. The van der Waals surface area contributed by atoms with E-state index in [0.29, 0.717) is 28.9 Å². The average Bonchev–Trinajstić information content (AvgIpc) is 3.32. The number of halogens is 1. The molecule has 1 aromatic heterocycles. The van der Waals surface area contributed by atoms with E-state index in [4.69, 9.17) is 16.7 Å². The lowest BCUT2D eigenvalue weighted by atomic mass is 9.94. The van der Waals surface area contributed by atoms with Crippen molar-refractivity contribution in [1.82, 2.24) is 20.4 Å². The van der Waals surface area contributed by atoms with Crippen molar-refractivity contribution in [3.05, 3.63) is 113 Å². The van der Waals surface area contributed by atoms with Crippen LogP contribution >= 0.6 is 12.2 Å². The molecule has 33 heavy (non-hydrogen) atoms. The maximum Gasteiger partial charge on any atom is 0.258 e. The molecule has 0 saturated carbocycles. The van der Waals surface area contributed by atoms with E-state index in [-0.39, 0.29) is 11.9 Å². The molecule has 1 aliphatic heterocycles. The first-order valence-electron chi connectivity index (χ1n) is 10.6. The van der Waals surface area contributed by atoms with Gasteiger partial charge in [-0.15, -0.1) is 0 Å². The van der Waals surface area contributed by atoms with E-state index in [2.05, 4.69) is 27.6 Å². The number of allylic oxidation sites excluding steroid dienone is 1. The molecule has 1 N–H and O–H groups in total. The summed E-state index contributed by atoms with van der Waals surface area (Å²) in [4.78, 5) is 6.66. The van der Waals surface area contributed by atoms with Gasteiger partial charge in [0.05, 0.1) is 11.6 Å². The van der Waals surface area contributed by atoms with Crippen LogP contribution in [0, 0.1) is 5.82 Å². The van der Waals surface area contributed by atoms with Crippen LogP contribution in [0.1, 0.15) is 30.0 Å². The van der Waals surface area contributed by atoms with Crippen molar-refractivity contribution >= 4 is 22.9 Å². The van der Waals surface area contributed by atoms with Gasteiger partial charge in [0.15, 0.2) is 5.11 Å². The van der Waals surface area contributed by atoms with Crippen LogP contribution < -0.4 is 5.32 Å². The van der Waals surface area contributed by atoms with Gasteiger partial charge in [0, 0.05) is 17.8 Å². The SMILES string of the molecule is CC1=C(c2nc(-c3cccc(F)c3)no2)C(c2ccccc2)NC(=S)N1Cc1ccccc1. The molecule has 5 rings (SSSR count). The zero-order valence-electron chi connectivity index (χ0n) is 17.9. The fourth-order valence-electron chi connectivity index (χ4n) is 3.99. The van der Waals surface area contributed by atoms with E-state index in [0.717, 1.165) is 22.4 Å². The summed E-state index contributed by atoms with van der Waals surface area (Å²) >= 11 is 5.75. The zero-order chi connectivity index (χ0) is 22.8. The van der Waals surface area contributed by atoms with Crippen molar-refractivity contribution in [2.45, 2.75) is 19.5 Å². The zero-order valence-corrected chi connectivity index (χ0v) is 18.7. The lowest BCUT2D eigenvalue weighted by molar-refractivity contribution is 0.396. The van der Waals surface area contributed by atoms with Gasteiger partial charge in [0.2, 0.25) is 5.82 Å². The summed E-state index contributed by atoms with van der Waals surface area (Å²) in [5.41, 5.74) is 4.47. The standard InChI is InChI=1S/C26H21FN4OS/c1-17-22(25-29-24(30-32-25)20-13-8-14-21(27)15-20)23(19-11-6-3-7-12-19)28-26(33)31(17)16-18-9-4-2-5-10-18/h2-15,23H,16H2,1H3,(H,28,33). The summed E-state index contributed by atoms with van der Waals surface area (Å²) < 4.78 is 19.4. The number of hydrogen-bond donors (Lipinski definition) is 1. The highest BCUT2D eigenvalue weighted by molar-refractivity contribution is 7.80. The van der Waals surface area contributed by atoms with E-state index < -0.39 is 0 Å². The molecule has 7 heteroatoms. The summed E-state index contributed by atoms with van der Waals surface area (Å²) in [6.45, 7) is 2.61. The fraction of sp³-hybridized carbons (Fsp3) is 0.115. The summed E-state index contributed by atoms with van der Waals surface area (Å²) in [6.07, 6.45) is 0. The third-order valence-electron chi connectivity index (χ3n) is 5.65. The predicted molar refractivity (Wildman–Crippen MR) is 129 cm³/mol. The number of thiocarbonyl (C=S) groups is 1. The molecule has 1 unspecified atom stereocenters. The Morgan fingerprint density at radius 2 is 1.73 bits per heavy atom. The second-order valence-corrected chi connectivity index (χ2v) is 8.18. The molecule has 1 aliphatic rings. The first-order valence-corrected chi connectivity index (χ1v) is 11.0. The Morgan fingerprint density at radius 3 is 2.45 bits per heavy atom. The Balaban J connectivity index is 1.60. The summed E-state index contributed by atoms with van der Waals surface area (Å²) in [5.74, 6) is 0.350. The van der Waals surface area contributed by atoms with Gasteiger partial charge in [-0.1, -0.05) is 78.0 Å². The van der Waals surface area contributed by atoms with Crippen molar-refractivity contribution in [2.75, 3.05) is 0 Å². The number of aromatic nitrogens is 2. The first-order chi connectivity index (χ1) is 16.1. The Hall–Kier alpha value is -3.84. The summed E-state index contributed by atoms with van der Waals surface area (Å²) in [5, 5.41) is 8.20. The van der Waals surface area contributed by atoms with Gasteiger partial charge >= 0.3 is 0 Å². The first kappa shape index (κ1) is 21.0. The molecule has 4 aromatic rings. The van der Waals surface area contributed by atoms with E-state index in [9.17, 15) is 4.39 Å². The molecule has 0 fully saturated rings. The molecule has 1 atom stereocenters. The van der Waals surface area contributed by atoms with Crippen molar-refractivity contribution in [1.29, 1.82) is 0 Å². The number of rotatable bonds is 5. The molecular weight excluding hydrogens is 435 g/mol. The lowest BCUT2D eigenvalue weighted by Crippen LogP contribution is -2.45. The van der Waals surface area contributed by atoms with Crippen LogP contribution in [0.2, 0.25) is 0 Å². The smallest absolute Gasteiger partial charge is 0.258 e. The number of benzene rings is 3. The van der Waals surface area contributed by atoms with Crippen LogP contribution in [-0.4, -0.2) is 20.2 Å². The van der Waals surface area contributed by atoms with Crippen molar-refractivity contribution < 1.29 is 8.91 Å². The van der Waals surface area contributed by atoms with Gasteiger partial charge < -0.3 is 14.7 Å². The van der Waals surface area contributed by atoms with E-state index in [1.807, 2.05) is 60.4 Å². The highest BCUT2D eigenvalue weighted by Crippen LogP contribution is 2.37. The van der Waals surface area contributed by atoms with Gasteiger partial charge in [-0.2, -0.15) is 4.98 Å². The van der Waals surface area contributed by atoms with E-state index >= 15 is 0 Å². The lowest BCUT2D eigenvalue weighted by Gasteiger charge is -2.37. The van der Waals surface area contributed by atoms with Crippen LogP contribution in [0.3, 0.4) is 0 Å². The maximum absolute atomic E-state index is 13.7. The molecular formula is C26H21FN4OS.